The Balaban J connectivity index is 2.86. The van der Waals surface area contributed by atoms with Crippen LogP contribution in [0.4, 0.5) is 5.69 Å². The number of aryl methyl sites for hydroxylation is 1. The lowest BCUT2D eigenvalue weighted by atomic mass is 10.2. The molecule has 1 aromatic carbocycles. The summed E-state index contributed by atoms with van der Waals surface area (Å²) in [5.41, 5.74) is 2.78. The number of ether oxygens (including phenoxy) is 1. The van der Waals surface area contributed by atoms with Crippen LogP contribution in [0.15, 0.2) is 29.8 Å². The smallest absolute Gasteiger partial charge is 0.248 e. The van der Waals surface area contributed by atoms with Crippen molar-refractivity contribution in [3.05, 3.63) is 35.4 Å². The highest BCUT2D eigenvalue weighted by atomic mass is 16.5. The van der Waals surface area contributed by atoms with Crippen molar-refractivity contribution in [3.63, 3.8) is 0 Å². The summed E-state index contributed by atoms with van der Waals surface area (Å²) < 4.78 is 5.40. The number of rotatable bonds is 4. The van der Waals surface area contributed by atoms with Gasteiger partial charge in [-0.1, -0.05) is 11.6 Å². The molecule has 0 bridgehead atoms. The van der Waals surface area contributed by atoms with Crippen molar-refractivity contribution < 1.29 is 9.53 Å². The number of benzene rings is 1. The van der Waals surface area contributed by atoms with Gasteiger partial charge in [-0.3, -0.25) is 4.79 Å². The van der Waals surface area contributed by atoms with Gasteiger partial charge in [0.15, 0.2) is 0 Å². The molecule has 0 aromatic heterocycles. The summed E-state index contributed by atoms with van der Waals surface area (Å²) in [6, 6.07) is 5.67. The zero-order chi connectivity index (χ0) is 12.8. The second-order valence-corrected chi connectivity index (χ2v) is 4.12. The largest absolute Gasteiger partial charge is 0.494 e. The van der Waals surface area contributed by atoms with Gasteiger partial charge in [-0.25, -0.2) is 0 Å². The van der Waals surface area contributed by atoms with E-state index < -0.39 is 0 Å². The number of carbonyl (C=O) groups excluding carboxylic acids is 1. The lowest BCUT2D eigenvalue weighted by molar-refractivity contribution is -0.111. The van der Waals surface area contributed by atoms with Crippen molar-refractivity contribution in [1.29, 1.82) is 0 Å². The molecule has 17 heavy (non-hydrogen) atoms. The minimum atomic E-state index is -0.109. The molecule has 0 spiro atoms. The van der Waals surface area contributed by atoms with Crippen molar-refractivity contribution in [2.75, 3.05) is 11.9 Å². The van der Waals surface area contributed by atoms with E-state index in [9.17, 15) is 4.79 Å². The first kappa shape index (κ1) is 13.3. The van der Waals surface area contributed by atoms with Crippen molar-refractivity contribution in [3.8, 4) is 5.75 Å². The van der Waals surface area contributed by atoms with Crippen LogP contribution >= 0.6 is 0 Å². The highest BCUT2D eigenvalue weighted by Gasteiger charge is 2.04. The van der Waals surface area contributed by atoms with Gasteiger partial charge in [-0.05, 0) is 39.3 Å². The van der Waals surface area contributed by atoms with Gasteiger partial charge in [0, 0.05) is 17.8 Å². The molecular weight excluding hydrogens is 214 g/mol. The fraction of sp³-hybridized carbons (Fsp3) is 0.357. The fourth-order valence-electron chi connectivity index (χ4n) is 1.42. The lowest BCUT2D eigenvalue weighted by Crippen LogP contribution is -2.09. The van der Waals surface area contributed by atoms with Crippen LogP contribution in [0.5, 0.6) is 5.75 Å². The molecule has 1 aromatic rings. The number of allylic oxidation sites excluding steroid dienone is 1. The summed E-state index contributed by atoms with van der Waals surface area (Å²) in [5.74, 6) is 0.660. The predicted molar refractivity (Wildman–Crippen MR) is 70.4 cm³/mol. The maximum atomic E-state index is 11.6. The van der Waals surface area contributed by atoms with Gasteiger partial charge in [0.2, 0.25) is 5.91 Å². The van der Waals surface area contributed by atoms with Gasteiger partial charge >= 0.3 is 0 Å². The molecule has 0 unspecified atom stereocenters. The third kappa shape index (κ3) is 4.31. The van der Waals surface area contributed by atoms with E-state index in [0.717, 1.165) is 22.6 Å². The molecule has 0 aliphatic carbocycles. The van der Waals surface area contributed by atoms with Crippen LogP contribution in [0.2, 0.25) is 0 Å². The summed E-state index contributed by atoms with van der Waals surface area (Å²) in [7, 11) is 0. The van der Waals surface area contributed by atoms with Crippen LogP contribution in [-0.2, 0) is 4.79 Å². The van der Waals surface area contributed by atoms with Crippen molar-refractivity contribution >= 4 is 11.6 Å². The van der Waals surface area contributed by atoms with Gasteiger partial charge < -0.3 is 10.1 Å². The van der Waals surface area contributed by atoms with Gasteiger partial charge in [-0.15, -0.1) is 0 Å². The number of nitrogens with one attached hydrogen (secondary N) is 1. The Hall–Kier alpha value is -1.77. The molecule has 0 radical (unpaired) electrons. The van der Waals surface area contributed by atoms with Crippen molar-refractivity contribution in [2.45, 2.75) is 27.7 Å². The van der Waals surface area contributed by atoms with E-state index >= 15 is 0 Å². The molecule has 1 amide bonds. The highest BCUT2D eigenvalue weighted by Crippen LogP contribution is 2.22. The number of carbonyl (C=O) groups is 1. The molecule has 1 rings (SSSR count). The molecule has 3 nitrogen and oxygen atoms in total. The standard InChI is InChI=1S/C14H19NO2/c1-5-17-12-7-6-11(4)13(9-12)15-14(16)8-10(2)3/h6-9H,5H2,1-4H3,(H,15,16). The normalized spacial score (nSPS) is 9.65. The van der Waals surface area contributed by atoms with E-state index in [1.54, 1.807) is 6.08 Å². The number of amides is 1. The van der Waals surface area contributed by atoms with Crippen LogP contribution in [0, 0.1) is 6.92 Å². The lowest BCUT2D eigenvalue weighted by Gasteiger charge is -2.09. The Morgan fingerprint density at radius 1 is 1.41 bits per heavy atom. The van der Waals surface area contributed by atoms with E-state index in [0.29, 0.717) is 6.61 Å². The Morgan fingerprint density at radius 2 is 2.12 bits per heavy atom. The summed E-state index contributed by atoms with van der Waals surface area (Å²) >= 11 is 0. The molecule has 0 saturated carbocycles. The monoisotopic (exact) mass is 233 g/mol. The Kier molecular flexibility index (Phi) is 4.76. The summed E-state index contributed by atoms with van der Waals surface area (Å²) in [6.45, 7) is 8.28. The Labute approximate surface area is 102 Å². The highest BCUT2D eigenvalue weighted by molar-refractivity contribution is 6.00. The average molecular weight is 233 g/mol. The van der Waals surface area contributed by atoms with E-state index in [1.165, 1.54) is 0 Å². The SMILES string of the molecule is CCOc1ccc(C)c(NC(=O)C=C(C)C)c1. The van der Waals surface area contributed by atoms with Gasteiger partial charge in [-0.2, -0.15) is 0 Å². The third-order valence-electron chi connectivity index (χ3n) is 2.20. The fourth-order valence-corrected chi connectivity index (χ4v) is 1.42. The first-order valence-electron chi connectivity index (χ1n) is 5.72. The van der Waals surface area contributed by atoms with Crippen LogP contribution in [0.3, 0.4) is 0 Å². The van der Waals surface area contributed by atoms with E-state index in [4.69, 9.17) is 4.74 Å². The van der Waals surface area contributed by atoms with Crippen LogP contribution < -0.4 is 10.1 Å². The van der Waals surface area contributed by atoms with Crippen LogP contribution in [0.25, 0.3) is 0 Å². The van der Waals surface area contributed by atoms with Crippen LogP contribution in [-0.4, -0.2) is 12.5 Å². The van der Waals surface area contributed by atoms with Crippen molar-refractivity contribution in [2.24, 2.45) is 0 Å². The number of hydrogen-bond donors (Lipinski definition) is 1. The van der Waals surface area contributed by atoms with E-state index in [1.807, 2.05) is 45.9 Å². The molecule has 92 valence electrons. The first-order chi connectivity index (χ1) is 8.02. The first-order valence-corrected chi connectivity index (χ1v) is 5.72. The van der Waals surface area contributed by atoms with Gasteiger partial charge in [0.1, 0.15) is 5.75 Å². The Bertz CT molecular complexity index is 432. The molecular formula is C14H19NO2. The molecule has 0 fully saturated rings. The molecule has 0 aliphatic heterocycles. The van der Waals surface area contributed by atoms with Gasteiger partial charge in [0.05, 0.1) is 6.61 Å². The molecule has 3 heteroatoms. The second-order valence-electron chi connectivity index (χ2n) is 4.12. The average Bonchev–Trinajstić information content (AvgIpc) is 2.22. The number of hydrogen-bond acceptors (Lipinski definition) is 2. The summed E-state index contributed by atoms with van der Waals surface area (Å²) in [6.07, 6.45) is 1.58. The summed E-state index contributed by atoms with van der Waals surface area (Å²) in [5, 5.41) is 2.85. The minimum absolute atomic E-state index is 0.109. The van der Waals surface area contributed by atoms with E-state index in [2.05, 4.69) is 5.32 Å². The third-order valence-corrected chi connectivity index (χ3v) is 2.20. The van der Waals surface area contributed by atoms with Crippen molar-refractivity contribution in [1.82, 2.24) is 0 Å². The van der Waals surface area contributed by atoms with Crippen LogP contribution in [0.1, 0.15) is 26.3 Å². The summed E-state index contributed by atoms with van der Waals surface area (Å²) in [4.78, 5) is 11.6. The quantitative estimate of drug-likeness (QED) is 0.810. The zero-order valence-corrected chi connectivity index (χ0v) is 10.8. The maximum absolute atomic E-state index is 11.6. The van der Waals surface area contributed by atoms with Gasteiger partial charge in [0.25, 0.3) is 0 Å². The molecule has 0 heterocycles. The Morgan fingerprint density at radius 3 is 2.71 bits per heavy atom. The minimum Gasteiger partial charge on any atom is -0.494 e. The zero-order valence-electron chi connectivity index (χ0n) is 10.8. The number of anilines is 1. The van der Waals surface area contributed by atoms with E-state index in [-0.39, 0.29) is 5.91 Å². The molecule has 0 atom stereocenters. The molecule has 0 aliphatic rings. The molecule has 0 saturated heterocycles. The molecule has 1 N–H and O–H groups in total. The maximum Gasteiger partial charge on any atom is 0.248 e. The predicted octanol–water partition coefficient (Wildman–Crippen LogP) is 3.30. The topological polar surface area (TPSA) is 38.3 Å². The second kappa shape index (κ2) is 6.09.